The number of rotatable bonds is 5. The maximum atomic E-state index is 14.4. The van der Waals surface area contributed by atoms with Gasteiger partial charge in [-0.3, -0.25) is 9.30 Å². The van der Waals surface area contributed by atoms with Crippen LogP contribution >= 0.6 is 0 Å². The second kappa shape index (κ2) is 9.10. The van der Waals surface area contributed by atoms with Crippen molar-refractivity contribution in [2.75, 3.05) is 20.2 Å². The predicted molar refractivity (Wildman–Crippen MR) is 120 cm³/mol. The highest BCUT2D eigenvalue weighted by molar-refractivity contribution is 5.82. The van der Waals surface area contributed by atoms with E-state index in [0.717, 1.165) is 4.90 Å². The van der Waals surface area contributed by atoms with Crippen molar-refractivity contribution < 1.29 is 36.6 Å². The van der Waals surface area contributed by atoms with E-state index >= 15 is 0 Å². The SMILES string of the molecule is COc1cc2nc(-c3nnc4ccc([C@@H](N5C[C@H](F)[C@H](NC(=O)O)C5)C(F)(F)F)cn34)ccc2cc1F. The molecule has 1 aromatic carbocycles. The molecule has 1 aliphatic rings. The van der Waals surface area contributed by atoms with Gasteiger partial charge in [0.1, 0.15) is 17.9 Å². The number of ether oxygens (including phenoxy) is 1. The molecule has 5 rings (SSSR count). The van der Waals surface area contributed by atoms with Crippen LogP contribution in [-0.2, 0) is 0 Å². The first-order chi connectivity index (χ1) is 17.5. The van der Waals surface area contributed by atoms with Gasteiger partial charge in [-0.15, -0.1) is 10.2 Å². The van der Waals surface area contributed by atoms with Gasteiger partial charge in [0, 0.05) is 30.7 Å². The van der Waals surface area contributed by atoms with Crippen LogP contribution < -0.4 is 10.1 Å². The van der Waals surface area contributed by atoms with Crippen molar-refractivity contribution in [2.24, 2.45) is 0 Å². The lowest BCUT2D eigenvalue weighted by atomic mass is 10.1. The van der Waals surface area contributed by atoms with Gasteiger partial charge in [0.2, 0.25) is 0 Å². The number of methoxy groups -OCH3 is 1. The van der Waals surface area contributed by atoms with Gasteiger partial charge in [-0.25, -0.2) is 18.6 Å². The van der Waals surface area contributed by atoms with E-state index in [1.165, 1.54) is 48.0 Å². The molecular weight excluding hydrogens is 503 g/mol. The Morgan fingerprint density at radius 2 is 1.97 bits per heavy atom. The molecule has 1 amide bonds. The Balaban J connectivity index is 1.55. The van der Waals surface area contributed by atoms with Gasteiger partial charge in [-0.1, -0.05) is 12.1 Å². The maximum Gasteiger partial charge on any atom is 0.408 e. The highest BCUT2D eigenvalue weighted by Gasteiger charge is 2.49. The number of fused-ring (bicyclic) bond motifs is 2. The number of benzene rings is 1. The lowest BCUT2D eigenvalue weighted by Gasteiger charge is -2.30. The van der Waals surface area contributed by atoms with Crippen molar-refractivity contribution in [3.05, 3.63) is 54.0 Å². The standard InChI is InChI=1S/C23H19F5N6O3/c1-37-18-7-16-11(6-13(18)24)2-4-15(29-16)21-32-31-19-5-3-12(8-34(19)21)20(23(26,27)28)33-9-14(25)17(10-33)30-22(35)36/h2-8,14,17,20,30H,9-10H2,1H3,(H,35,36)/t14-,17+,20+/m0/s1. The minimum atomic E-state index is -4.79. The molecular formula is C23H19F5N6O3. The average Bonchev–Trinajstić information content (AvgIpc) is 3.40. The first-order valence-corrected chi connectivity index (χ1v) is 11.0. The molecule has 9 nitrogen and oxygen atoms in total. The van der Waals surface area contributed by atoms with Crippen LogP contribution in [0.2, 0.25) is 0 Å². The third kappa shape index (κ3) is 4.59. The van der Waals surface area contributed by atoms with Gasteiger partial charge in [-0.05, 0) is 23.8 Å². The molecule has 0 aliphatic carbocycles. The lowest BCUT2D eigenvalue weighted by molar-refractivity contribution is -0.184. The Morgan fingerprint density at radius 3 is 2.68 bits per heavy atom. The number of carbonyl (C=O) groups is 1. The van der Waals surface area contributed by atoms with Gasteiger partial charge >= 0.3 is 12.3 Å². The lowest BCUT2D eigenvalue weighted by Crippen LogP contribution is -2.42. The Hall–Kier alpha value is -4.07. The smallest absolute Gasteiger partial charge is 0.408 e. The Bertz CT molecular complexity index is 1490. The van der Waals surface area contributed by atoms with Gasteiger partial charge in [0.15, 0.2) is 23.0 Å². The fourth-order valence-electron chi connectivity index (χ4n) is 4.55. The van der Waals surface area contributed by atoms with Crippen molar-refractivity contribution in [2.45, 2.75) is 24.4 Å². The fraction of sp³-hybridized carbons (Fsp3) is 0.304. The monoisotopic (exact) mass is 522 g/mol. The Labute approximate surface area is 205 Å². The summed E-state index contributed by atoms with van der Waals surface area (Å²) in [5.41, 5.74) is 0.673. The minimum Gasteiger partial charge on any atom is -0.494 e. The zero-order chi connectivity index (χ0) is 26.5. The summed E-state index contributed by atoms with van der Waals surface area (Å²) in [6.45, 7) is -1.07. The van der Waals surface area contributed by atoms with Crippen molar-refractivity contribution in [1.29, 1.82) is 0 Å². The van der Waals surface area contributed by atoms with E-state index in [9.17, 15) is 26.7 Å². The summed E-state index contributed by atoms with van der Waals surface area (Å²) in [6, 6.07) is 4.84. The third-order valence-electron chi connectivity index (χ3n) is 6.19. The summed E-state index contributed by atoms with van der Waals surface area (Å²) in [4.78, 5) is 16.2. The van der Waals surface area contributed by atoms with E-state index < -0.39 is 49.4 Å². The number of halogens is 5. The third-order valence-corrected chi connectivity index (χ3v) is 6.19. The molecule has 4 heterocycles. The zero-order valence-electron chi connectivity index (χ0n) is 19.1. The van der Waals surface area contributed by atoms with Crippen LogP contribution in [0.5, 0.6) is 5.75 Å². The van der Waals surface area contributed by atoms with Gasteiger partial charge < -0.3 is 15.2 Å². The average molecular weight is 522 g/mol. The minimum absolute atomic E-state index is 0.0222. The van der Waals surface area contributed by atoms with Gasteiger partial charge in [-0.2, -0.15) is 13.2 Å². The van der Waals surface area contributed by atoms with Gasteiger partial charge in [0.05, 0.1) is 18.7 Å². The quantitative estimate of drug-likeness (QED) is 0.382. The van der Waals surface area contributed by atoms with E-state index in [0.29, 0.717) is 10.9 Å². The van der Waals surface area contributed by atoms with E-state index in [1.807, 2.05) is 5.32 Å². The number of nitrogens with one attached hydrogen (secondary N) is 1. The second-order valence-corrected chi connectivity index (χ2v) is 8.56. The molecule has 194 valence electrons. The number of hydrogen-bond acceptors (Lipinski definition) is 6. The molecule has 1 saturated heterocycles. The van der Waals surface area contributed by atoms with Crippen LogP contribution in [0.1, 0.15) is 11.6 Å². The number of alkyl halides is 4. The van der Waals surface area contributed by atoms with E-state index in [-0.39, 0.29) is 28.5 Å². The molecule has 3 aromatic heterocycles. The molecule has 0 spiro atoms. The van der Waals surface area contributed by atoms with Crippen molar-refractivity contribution in [1.82, 2.24) is 29.8 Å². The van der Waals surface area contributed by atoms with Crippen molar-refractivity contribution in [3.8, 4) is 17.3 Å². The summed E-state index contributed by atoms with van der Waals surface area (Å²) in [5.74, 6) is -0.456. The van der Waals surface area contributed by atoms with E-state index in [2.05, 4.69) is 15.2 Å². The number of pyridine rings is 2. The molecule has 1 fully saturated rings. The number of hydrogen-bond donors (Lipinski definition) is 2. The zero-order valence-corrected chi connectivity index (χ0v) is 19.1. The molecule has 1 aliphatic heterocycles. The van der Waals surface area contributed by atoms with Crippen LogP contribution in [0.15, 0.2) is 42.6 Å². The molecule has 0 saturated carbocycles. The number of nitrogens with zero attached hydrogens (tertiary/aromatic N) is 5. The van der Waals surface area contributed by atoms with Crippen LogP contribution in [0.3, 0.4) is 0 Å². The summed E-state index contributed by atoms with van der Waals surface area (Å²) in [5, 5.41) is 19.3. The van der Waals surface area contributed by atoms with Crippen molar-refractivity contribution in [3.63, 3.8) is 0 Å². The number of carboxylic acid groups (broad SMARTS) is 1. The maximum absolute atomic E-state index is 14.4. The molecule has 4 aromatic rings. The Kier molecular flexibility index (Phi) is 6.06. The number of likely N-dealkylation sites (tertiary alicyclic amines) is 1. The fourth-order valence-corrected chi connectivity index (χ4v) is 4.55. The summed E-state index contributed by atoms with van der Waals surface area (Å²) in [7, 11) is 1.31. The van der Waals surface area contributed by atoms with E-state index in [4.69, 9.17) is 9.84 Å². The second-order valence-electron chi connectivity index (χ2n) is 8.56. The van der Waals surface area contributed by atoms with Crippen LogP contribution in [0.4, 0.5) is 26.7 Å². The molecule has 3 atom stereocenters. The molecule has 0 bridgehead atoms. The molecule has 0 radical (unpaired) electrons. The van der Waals surface area contributed by atoms with Crippen LogP contribution in [0, 0.1) is 5.82 Å². The highest BCUT2D eigenvalue weighted by atomic mass is 19.4. The summed E-state index contributed by atoms with van der Waals surface area (Å²) < 4.78 is 77.3. The first kappa shape index (κ1) is 24.6. The van der Waals surface area contributed by atoms with Crippen LogP contribution in [0.25, 0.3) is 28.1 Å². The van der Waals surface area contributed by atoms with Crippen molar-refractivity contribution >= 4 is 22.6 Å². The van der Waals surface area contributed by atoms with Gasteiger partial charge in [0.25, 0.3) is 0 Å². The first-order valence-electron chi connectivity index (χ1n) is 11.0. The molecule has 2 N–H and O–H groups in total. The number of amides is 1. The van der Waals surface area contributed by atoms with Crippen LogP contribution in [-0.4, -0.2) is 74.3 Å². The summed E-state index contributed by atoms with van der Waals surface area (Å²) >= 11 is 0. The normalized spacial score (nSPS) is 19.4. The Morgan fingerprint density at radius 1 is 1.19 bits per heavy atom. The topological polar surface area (TPSA) is 105 Å². The highest BCUT2D eigenvalue weighted by Crippen LogP contribution is 2.40. The molecule has 0 unspecified atom stereocenters. The predicted octanol–water partition coefficient (Wildman–Crippen LogP) is 3.99. The molecule has 37 heavy (non-hydrogen) atoms. The molecule has 14 heteroatoms. The van der Waals surface area contributed by atoms with E-state index in [1.54, 1.807) is 6.07 Å². The summed E-state index contributed by atoms with van der Waals surface area (Å²) in [6.07, 6.45) is -6.91. The number of aromatic nitrogens is 4. The largest absolute Gasteiger partial charge is 0.494 e.